The quantitative estimate of drug-likeness (QED) is 0.803. The van der Waals surface area contributed by atoms with Gasteiger partial charge in [0, 0.05) is 28.7 Å². The molecule has 1 fully saturated rings. The minimum atomic E-state index is -0.726. The van der Waals surface area contributed by atoms with Gasteiger partial charge >= 0.3 is 0 Å². The van der Waals surface area contributed by atoms with Crippen LogP contribution in [-0.2, 0) is 4.74 Å². The molecule has 1 unspecified atom stereocenters. The van der Waals surface area contributed by atoms with Crippen LogP contribution in [0.4, 0.5) is 5.69 Å². The van der Waals surface area contributed by atoms with Crippen molar-refractivity contribution in [2.75, 3.05) is 31.2 Å². The molecule has 0 N–H and O–H groups in total. The van der Waals surface area contributed by atoms with Crippen LogP contribution in [0.25, 0.3) is 0 Å². The summed E-state index contributed by atoms with van der Waals surface area (Å²) in [4.78, 5) is 2.06. The molecule has 5 nitrogen and oxygen atoms in total. The van der Waals surface area contributed by atoms with Gasteiger partial charge in [-0.05, 0) is 18.2 Å². The van der Waals surface area contributed by atoms with Crippen molar-refractivity contribution in [3.05, 3.63) is 50.7 Å². The van der Waals surface area contributed by atoms with Gasteiger partial charge < -0.3 is 9.64 Å². The monoisotopic (exact) mass is 382 g/mol. The molecule has 1 aliphatic rings. The average Bonchev–Trinajstić information content (AvgIpc) is 2.60. The van der Waals surface area contributed by atoms with Crippen LogP contribution < -0.4 is 4.90 Å². The fraction of sp³-hybridized carbons (Fsp3) is 0.312. The number of nitriles is 1. The van der Waals surface area contributed by atoms with E-state index in [-0.39, 0.29) is 0 Å². The topological polar surface area (TPSA) is 62.0 Å². The van der Waals surface area contributed by atoms with Crippen LogP contribution in [0.2, 0.25) is 15.2 Å². The Morgan fingerprint density at radius 1 is 1.12 bits per heavy atom. The van der Waals surface area contributed by atoms with E-state index in [1.165, 1.54) is 0 Å². The van der Waals surface area contributed by atoms with Crippen LogP contribution in [0.1, 0.15) is 17.2 Å². The maximum atomic E-state index is 9.65. The number of benzene rings is 1. The second-order valence-corrected chi connectivity index (χ2v) is 6.41. The van der Waals surface area contributed by atoms with Crippen molar-refractivity contribution in [3.63, 3.8) is 0 Å². The summed E-state index contributed by atoms with van der Waals surface area (Å²) in [7, 11) is 0. The van der Waals surface area contributed by atoms with Gasteiger partial charge in [0.2, 0.25) is 0 Å². The molecule has 1 saturated heterocycles. The zero-order valence-electron chi connectivity index (χ0n) is 12.5. The summed E-state index contributed by atoms with van der Waals surface area (Å²) in [5, 5.41) is 18.9. The Morgan fingerprint density at radius 2 is 1.79 bits per heavy atom. The lowest BCUT2D eigenvalue weighted by Gasteiger charge is -2.29. The predicted molar refractivity (Wildman–Crippen MR) is 94.0 cm³/mol. The molecule has 1 aromatic carbocycles. The van der Waals surface area contributed by atoms with E-state index in [2.05, 4.69) is 21.2 Å². The Labute approximate surface area is 154 Å². The van der Waals surface area contributed by atoms with Crippen molar-refractivity contribution in [2.45, 2.75) is 5.92 Å². The fourth-order valence-electron chi connectivity index (χ4n) is 2.61. The number of aromatic nitrogens is 2. The highest BCUT2D eigenvalue weighted by atomic mass is 35.5. The van der Waals surface area contributed by atoms with Gasteiger partial charge in [-0.3, -0.25) is 0 Å². The first kappa shape index (κ1) is 17.2. The lowest BCUT2D eigenvalue weighted by atomic mass is 9.96. The van der Waals surface area contributed by atoms with Crippen molar-refractivity contribution in [3.8, 4) is 6.07 Å². The zero-order chi connectivity index (χ0) is 17.1. The Hall–Kier alpha value is -1.58. The molecule has 3 rings (SSSR count). The molecule has 0 spiro atoms. The van der Waals surface area contributed by atoms with Gasteiger partial charge in [0.05, 0.1) is 30.7 Å². The highest BCUT2D eigenvalue weighted by molar-refractivity contribution is 6.36. The molecule has 0 radical (unpaired) electrons. The molecule has 0 saturated carbocycles. The Bertz CT molecular complexity index is 767. The Balaban J connectivity index is 2.03. The van der Waals surface area contributed by atoms with Gasteiger partial charge in [-0.25, -0.2) is 0 Å². The number of anilines is 1. The molecule has 2 aromatic rings. The van der Waals surface area contributed by atoms with Crippen LogP contribution in [0, 0.1) is 11.3 Å². The third kappa shape index (κ3) is 3.42. The van der Waals surface area contributed by atoms with Crippen LogP contribution in [0.5, 0.6) is 0 Å². The summed E-state index contributed by atoms with van der Waals surface area (Å²) >= 11 is 18.7. The highest BCUT2D eigenvalue weighted by Gasteiger charge is 2.24. The summed E-state index contributed by atoms with van der Waals surface area (Å²) in [5.41, 5.74) is 1.71. The smallest absolute Gasteiger partial charge is 0.174 e. The number of halogens is 3. The molecule has 124 valence electrons. The summed E-state index contributed by atoms with van der Waals surface area (Å²) < 4.78 is 5.35. The van der Waals surface area contributed by atoms with Crippen molar-refractivity contribution < 1.29 is 4.74 Å². The molecular weight excluding hydrogens is 371 g/mol. The summed E-state index contributed by atoms with van der Waals surface area (Å²) in [6, 6.07) is 9.10. The zero-order valence-corrected chi connectivity index (χ0v) is 14.8. The molecular formula is C16H13Cl3N4O. The second kappa shape index (κ2) is 7.54. The number of hydrogen-bond donors (Lipinski definition) is 0. The first-order valence-corrected chi connectivity index (χ1v) is 8.44. The summed E-state index contributed by atoms with van der Waals surface area (Å²) in [5.74, 6) is -0.726. The second-order valence-electron chi connectivity index (χ2n) is 5.24. The minimum Gasteiger partial charge on any atom is -0.378 e. The molecule has 1 aliphatic heterocycles. The Morgan fingerprint density at radius 3 is 2.42 bits per heavy atom. The van der Waals surface area contributed by atoms with E-state index in [1.807, 2.05) is 0 Å². The van der Waals surface area contributed by atoms with Crippen LogP contribution in [0.15, 0.2) is 24.3 Å². The molecule has 0 amide bonds. The third-order valence-corrected chi connectivity index (χ3v) is 4.74. The van der Waals surface area contributed by atoms with E-state index >= 15 is 0 Å². The van der Waals surface area contributed by atoms with Crippen LogP contribution >= 0.6 is 34.8 Å². The van der Waals surface area contributed by atoms with E-state index < -0.39 is 5.92 Å². The largest absolute Gasteiger partial charge is 0.378 e. The van der Waals surface area contributed by atoms with Gasteiger partial charge in [0.1, 0.15) is 5.92 Å². The summed E-state index contributed by atoms with van der Waals surface area (Å²) in [6.45, 7) is 2.64. The maximum absolute atomic E-state index is 9.65. The Kier molecular flexibility index (Phi) is 5.42. The lowest BCUT2D eigenvalue weighted by molar-refractivity contribution is 0.122. The number of nitrogens with zero attached hydrogens (tertiary/aromatic N) is 4. The van der Waals surface area contributed by atoms with Crippen LogP contribution in [-0.4, -0.2) is 36.5 Å². The number of rotatable bonds is 3. The number of morpholine rings is 1. The molecule has 1 aromatic heterocycles. The van der Waals surface area contributed by atoms with E-state index in [4.69, 9.17) is 39.5 Å². The predicted octanol–water partition coefficient (Wildman–Crippen LogP) is 3.93. The first-order valence-electron chi connectivity index (χ1n) is 7.31. The third-order valence-electron chi connectivity index (χ3n) is 3.81. The standard InChI is InChI=1S/C16H13Cl3N4O/c17-11-2-1-3-12(18)15(11)10(9-20)13-8-14(16(19)22-21-13)23-4-6-24-7-5-23/h1-3,8,10H,4-7H2. The summed E-state index contributed by atoms with van der Waals surface area (Å²) in [6.07, 6.45) is 0. The van der Waals surface area contributed by atoms with Gasteiger partial charge in [0.25, 0.3) is 0 Å². The molecule has 0 bridgehead atoms. The average molecular weight is 384 g/mol. The SMILES string of the molecule is N#CC(c1cc(N2CCOCC2)c(Cl)nn1)c1c(Cl)cccc1Cl. The lowest BCUT2D eigenvalue weighted by Crippen LogP contribution is -2.36. The van der Waals surface area contributed by atoms with Gasteiger partial charge in [0.15, 0.2) is 5.15 Å². The molecule has 1 atom stereocenters. The molecule has 8 heteroatoms. The van der Waals surface area contributed by atoms with Crippen molar-refractivity contribution in [1.29, 1.82) is 5.26 Å². The van der Waals surface area contributed by atoms with E-state index in [1.54, 1.807) is 24.3 Å². The van der Waals surface area contributed by atoms with E-state index in [9.17, 15) is 5.26 Å². The minimum absolute atomic E-state index is 0.294. The van der Waals surface area contributed by atoms with Crippen molar-refractivity contribution in [1.82, 2.24) is 10.2 Å². The molecule has 2 heterocycles. The normalized spacial score (nSPS) is 15.8. The van der Waals surface area contributed by atoms with Crippen molar-refractivity contribution in [2.24, 2.45) is 0 Å². The highest BCUT2D eigenvalue weighted by Crippen LogP contribution is 2.36. The number of ether oxygens (including phenoxy) is 1. The van der Waals surface area contributed by atoms with Gasteiger partial charge in [-0.15, -0.1) is 5.10 Å². The van der Waals surface area contributed by atoms with E-state index in [0.29, 0.717) is 52.8 Å². The number of hydrogen-bond acceptors (Lipinski definition) is 5. The van der Waals surface area contributed by atoms with Crippen molar-refractivity contribution >= 4 is 40.5 Å². The van der Waals surface area contributed by atoms with Crippen LogP contribution in [0.3, 0.4) is 0 Å². The first-order chi connectivity index (χ1) is 11.6. The molecule has 24 heavy (non-hydrogen) atoms. The maximum Gasteiger partial charge on any atom is 0.174 e. The molecule has 0 aliphatic carbocycles. The van der Waals surface area contributed by atoms with E-state index in [0.717, 1.165) is 5.69 Å². The van der Waals surface area contributed by atoms with Gasteiger partial charge in [-0.2, -0.15) is 10.4 Å². The van der Waals surface area contributed by atoms with Gasteiger partial charge in [-0.1, -0.05) is 40.9 Å². The fourth-order valence-corrected chi connectivity index (χ4v) is 3.44.